The van der Waals surface area contributed by atoms with Crippen molar-refractivity contribution in [3.63, 3.8) is 0 Å². The highest BCUT2D eigenvalue weighted by Gasteiger charge is 2.11. The van der Waals surface area contributed by atoms with E-state index < -0.39 is 0 Å². The van der Waals surface area contributed by atoms with E-state index in [2.05, 4.69) is 88.0 Å². The summed E-state index contributed by atoms with van der Waals surface area (Å²) < 4.78 is 44.4. The summed E-state index contributed by atoms with van der Waals surface area (Å²) in [6.45, 7) is 6.49. The fraction of sp³-hybridized carbons (Fsp3) is 0.300. The largest absolute Gasteiger partial charge is 0.497 e. The van der Waals surface area contributed by atoms with Gasteiger partial charge < -0.3 is 59.2 Å². The Morgan fingerprint density at radius 2 is 0.833 bits per heavy atom. The van der Waals surface area contributed by atoms with Gasteiger partial charge in [-0.15, -0.1) is 0 Å². The Hall–Kier alpha value is -7.86. The Morgan fingerprint density at radius 3 is 1.24 bits per heavy atom. The van der Waals surface area contributed by atoms with Gasteiger partial charge in [-0.3, -0.25) is 0 Å². The minimum absolute atomic E-state index is 0.451. The fourth-order valence-corrected chi connectivity index (χ4v) is 7.97. The molecule has 0 amide bonds. The molecule has 0 radical (unpaired) electrons. The van der Waals surface area contributed by atoms with E-state index in [0.717, 1.165) is 116 Å². The summed E-state index contributed by atoms with van der Waals surface area (Å²) in [6, 6.07) is 49.3. The third-order valence-electron chi connectivity index (χ3n) is 12.1. The lowest BCUT2D eigenvalue weighted by Crippen LogP contribution is -2.33. The fourth-order valence-electron chi connectivity index (χ4n) is 7.97. The van der Waals surface area contributed by atoms with Crippen molar-refractivity contribution >= 4 is 0 Å². The molecule has 0 saturated heterocycles. The molecule has 0 bridgehead atoms. The van der Waals surface area contributed by atoms with Gasteiger partial charge in [-0.1, -0.05) is 91.0 Å². The molecule has 6 aromatic rings. The van der Waals surface area contributed by atoms with Gasteiger partial charge in [0.1, 0.15) is 79.6 Å². The minimum atomic E-state index is 0.451. The van der Waals surface area contributed by atoms with Crippen molar-refractivity contribution in [1.29, 1.82) is 0 Å². The summed E-state index contributed by atoms with van der Waals surface area (Å²) in [7, 11) is 5.06. The van der Waals surface area contributed by atoms with E-state index in [4.69, 9.17) is 37.9 Å². The predicted molar refractivity (Wildman–Crippen MR) is 285 cm³/mol. The van der Waals surface area contributed by atoms with Crippen LogP contribution in [0.15, 0.2) is 181 Å². The van der Waals surface area contributed by atoms with Crippen LogP contribution in [-0.4, -0.2) is 80.5 Å². The smallest absolute Gasteiger partial charge is 0.149 e. The van der Waals surface area contributed by atoms with Gasteiger partial charge in [0, 0.05) is 38.6 Å². The molecular weight excluding hydrogens is 905 g/mol. The van der Waals surface area contributed by atoms with Crippen LogP contribution in [0.1, 0.15) is 33.4 Å². The van der Waals surface area contributed by atoms with Crippen molar-refractivity contribution in [3.05, 3.63) is 215 Å². The predicted octanol–water partition coefficient (Wildman–Crippen LogP) is 9.53. The number of nitrogens with one attached hydrogen (secondary N) is 4. The van der Waals surface area contributed by atoms with Crippen molar-refractivity contribution in [2.75, 3.05) is 80.5 Å². The molecule has 12 heteroatoms. The topological polar surface area (TPSA) is 122 Å². The van der Waals surface area contributed by atoms with Crippen LogP contribution in [0.3, 0.4) is 0 Å². The molecule has 0 fully saturated rings. The first-order valence-corrected chi connectivity index (χ1v) is 24.8. The van der Waals surface area contributed by atoms with Crippen LogP contribution in [-0.2, 0) is 48.0 Å². The zero-order chi connectivity index (χ0) is 49.8. The highest BCUT2D eigenvalue weighted by Crippen LogP contribution is 2.25. The van der Waals surface area contributed by atoms with E-state index in [9.17, 15) is 0 Å². The standard InChI is InChI=1S/C20H24N2O2.2C20H23NO3/c1-23-19-10-7-16(8-11-19)6-9-17-4-2-3-5-20(17)24-15-18-14-21-12-13-22-18;1-22-19-10-7-16(8-11-19)6-9-17-4-2-3-5-20(17)24-15-18-14-23-13-12-21-18;1-22-18-10-7-16(8-11-18)6-9-17-4-2-3-5-20(17)24-15-19-14-21-12-13-23-19/h2-5,7-8,10-11,14,21-22H,6,9,12-13,15H2,1H3;2*2-5,7-8,10-11,14,21H,6,9,12-13,15H2,1H3. The number of hydrogen-bond donors (Lipinski definition) is 4. The highest BCUT2D eigenvalue weighted by atomic mass is 16.5. The number of ether oxygens (including phenoxy) is 8. The molecule has 6 aromatic carbocycles. The molecule has 0 aromatic heterocycles. The van der Waals surface area contributed by atoms with Crippen molar-refractivity contribution in [2.24, 2.45) is 0 Å². The normalized spacial score (nSPS) is 13.5. The van der Waals surface area contributed by atoms with E-state index >= 15 is 0 Å². The third kappa shape index (κ3) is 17.5. The van der Waals surface area contributed by atoms with Crippen LogP contribution in [0, 0.1) is 0 Å². The summed E-state index contributed by atoms with van der Waals surface area (Å²) >= 11 is 0. The maximum Gasteiger partial charge on any atom is 0.149 e. The summed E-state index contributed by atoms with van der Waals surface area (Å²) in [6.07, 6.45) is 11.3. The van der Waals surface area contributed by atoms with Crippen LogP contribution in [0.4, 0.5) is 0 Å². The maximum atomic E-state index is 6.01. The average Bonchev–Trinajstić information content (AvgIpc) is 3.46. The number of para-hydroxylation sites is 3. The summed E-state index contributed by atoms with van der Waals surface area (Å²) in [4.78, 5) is 0. The molecule has 0 atom stereocenters. The lowest BCUT2D eigenvalue weighted by molar-refractivity contribution is 0.157. The van der Waals surface area contributed by atoms with E-state index in [1.165, 1.54) is 33.4 Å². The SMILES string of the molecule is COc1ccc(CCc2ccccc2OCC2=CNCCN2)cc1.COc1ccc(CCc2ccccc2OCC2=CNCCO2)cc1.COc1ccc(CCc2ccccc2OCC2=COCCN2)cc1. The van der Waals surface area contributed by atoms with Gasteiger partial charge in [-0.25, -0.2) is 0 Å². The number of aryl methyl sites for hydroxylation is 6. The van der Waals surface area contributed by atoms with Crippen LogP contribution >= 0.6 is 0 Å². The van der Waals surface area contributed by atoms with Gasteiger partial charge in [0.05, 0.1) is 32.7 Å². The van der Waals surface area contributed by atoms with E-state index in [-0.39, 0.29) is 0 Å². The zero-order valence-corrected chi connectivity index (χ0v) is 42.0. The Kier molecular flexibility index (Phi) is 21.2. The summed E-state index contributed by atoms with van der Waals surface area (Å²) in [5.74, 6) is 6.31. The average molecular weight is 975 g/mol. The Morgan fingerprint density at radius 1 is 0.403 bits per heavy atom. The molecule has 378 valence electrons. The van der Waals surface area contributed by atoms with E-state index in [0.29, 0.717) is 33.0 Å². The Labute approximate surface area is 426 Å². The first-order chi connectivity index (χ1) is 35.5. The molecule has 0 spiro atoms. The van der Waals surface area contributed by atoms with Crippen LogP contribution in [0.5, 0.6) is 34.5 Å². The van der Waals surface area contributed by atoms with Gasteiger partial charge in [-0.05, 0) is 127 Å². The molecule has 12 nitrogen and oxygen atoms in total. The third-order valence-corrected chi connectivity index (χ3v) is 12.1. The molecule has 3 heterocycles. The zero-order valence-electron chi connectivity index (χ0n) is 42.0. The van der Waals surface area contributed by atoms with E-state index in [1.54, 1.807) is 27.6 Å². The van der Waals surface area contributed by atoms with Crippen molar-refractivity contribution in [1.82, 2.24) is 21.3 Å². The van der Waals surface area contributed by atoms with Crippen molar-refractivity contribution in [2.45, 2.75) is 38.5 Å². The number of methoxy groups -OCH3 is 3. The first-order valence-electron chi connectivity index (χ1n) is 24.8. The van der Waals surface area contributed by atoms with Crippen molar-refractivity contribution < 1.29 is 37.9 Å². The number of hydrogen-bond acceptors (Lipinski definition) is 12. The van der Waals surface area contributed by atoms with Crippen LogP contribution in [0.25, 0.3) is 0 Å². The Balaban J connectivity index is 0.000000158. The summed E-state index contributed by atoms with van der Waals surface area (Å²) in [5, 5.41) is 13.0. The summed E-state index contributed by atoms with van der Waals surface area (Å²) in [5.41, 5.74) is 9.59. The molecule has 72 heavy (non-hydrogen) atoms. The first kappa shape index (κ1) is 52.0. The second-order valence-electron chi connectivity index (χ2n) is 17.1. The highest BCUT2D eigenvalue weighted by molar-refractivity contribution is 5.38. The van der Waals surface area contributed by atoms with Gasteiger partial charge in [0.2, 0.25) is 0 Å². The van der Waals surface area contributed by atoms with Gasteiger partial charge in [0.15, 0.2) is 0 Å². The van der Waals surface area contributed by atoms with Crippen molar-refractivity contribution in [3.8, 4) is 34.5 Å². The Bertz CT molecular complexity index is 2330. The second-order valence-corrected chi connectivity index (χ2v) is 17.1. The lowest BCUT2D eigenvalue weighted by atomic mass is 10.0. The molecule has 4 N–H and O–H groups in total. The van der Waals surface area contributed by atoms with E-state index in [1.807, 2.05) is 91.3 Å². The molecule has 3 aliphatic heterocycles. The second kappa shape index (κ2) is 29.4. The molecule has 0 aliphatic carbocycles. The number of benzene rings is 6. The van der Waals surface area contributed by atoms with Gasteiger partial charge in [-0.2, -0.15) is 0 Å². The molecule has 0 saturated carbocycles. The lowest BCUT2D eigenvalue weighted by Gasteiger charge is -2.18. The molecular formula is C60H70N4O8. The molecule has 0 unspecified atom stereocenters. The monoisotopic (exact) mass is 975 g/mol. The molecule has 9 rings (SSSR count). The minimum Gasteiger partial charge on any atom is -0.497 e. The van der Waals surface area contributed by atoms with Gasteiger partial charge in [0.25, 0.3) is 0 Å². The van der Waals surface area contributed by atoms with Crippen LogP contribution in [0.2, 0.25) is 0 Å². The maximum absolute atomic E-state index is 6.01. The molecule has 3 aliphatic rings. The van der Waals surface area contributed by atoms with Gasteiger partial charge >= 0.3 is 0 Å². The number of rotatable bonds is 21. The van der Waals surface area contributed by atoms with Crippen LogP contribution < -0.4 is 49.7 Å². The quantitative estimate of drug-likeness (QED) is 0.0550.